The largest absolute Gasteiger partial charge is 0.482 e. The Morgan fingerprint density at radius 3 is 2.61 bits per heavy atom. The van der Waals surface area contributed by atoms with Gasteiger partial charge in [-0.1, -0.05) is 12.1 Å². The second-order valence-electron chi connectivity index (χ2n) is 7.38. The van der Waals surface area contributed by atoms with Crippen LogP contribution < -0.4 is 20.3 Å². The Kier molecular flexibility index (Phi) is 6.61. The molecule has 2 N–H and O–H groups in total. The lowest BCUT2D eigenvalue weighted by atomic mass is 10.1. The minimum Gasteiger partial charge on any atom is -0.482 e. The fourth-order valence-electron chi connectivity index (χ4n) is 2.50. The number of nitrogens with one attached hydrogen (secondary N) is 2. The fraction of sp³-hybridized carbons (Fsp3) is 0.474. The lowest BCUT2D eigenvalue weighted by molar-refractivity contribution is -0.154. The number of fused-ring (bicyclic) bond motifs is 1. The topological polar surface area (TPSA) is 114 Å². The van der Waals surface area contributed by atoms with Gasteiger partial charge in [-0.15, -0.1) is 0 Å². The average Bonchev–Trinajstić information content (AvgIpc) is 2.59. The van der Waals surface area contributed by atoms with Gasteiger partial charge in [-0.2, -0.15) is 0 Å². The van der Waals surface area contributed by atoms with Gasteiger partial charge in [-0.25, -0.2) is 4.79 Å². The predicted molar refractivity (Wildman–Crippen MR) is 101 cm³/mol. The maximum absolute atomic E-state index is 12.1. The minimum absolute atomic E-state index is 0.0941. The lowest BCUT2D eigenvalue weighted by Crippen LogP contribution is -2.50. The number of amides is 4. The number of para-hydroxylation sites is 2. The number of ether oxygens (including phenoxy) is 2. The molecule has 1 aliphatic heterocycles. The Morgan fingerprint density at radius 2 is 1.93 bits per heavy atom. The summed E-state index contributed by atoms with van der Waals surface area (Å²) in [5.41, 5.74) is 0.0711. The van der Waals surface area contributed by atoms with Crippen molar-refractivity contribution in [3.63, 3.8) is 0 Å². The number of hydrogen-bond acceptors (Lipinski definition) is 6. The van der Waals surface area contributed by atoms with Gasteiger partial charge in [0.1, 0.15) is 5.75 Å². The summed E-state index contributed by atoms with van der Waals surface area (Å²) in [7, 11) is 0. The molecule has 0 unspecified atom stereocenters. The van der Waals surface area contributed by atoms with Crippen LogP contribution >= 0.6 is 0 Å². The van der Waals surface area contributed by atoms with E-state index in [1.165, 1.54) is 11.8 Å². The van der Waals surface area contributed by atoms with Crippen LogP contribution in [0.15, 0.2) is 24.3 Å². The van der Waals surface area contributed by atoms with Crippen molar-refractivity contribution in [2.45, 2.75) is 45.8 Å². The molecule has 2 rings (SSSR count). The van der Waals surface area contributed by atoms with Gasteiger partial charge in [0.2, 0.25) is 0 Å². The minimum atomic E-state index is -1.15. The first-order valence-corrected chi connectivity index (χ1v) is 8.91. The third kappa shape index (κ3) is 5.97. The van der Waals surface area contributed by atoms with E-state index in [1.54, 1.807) is 45.0 Å². The number of imide groups is 1. The van der Waals surface area contributed by atoms with Crippen molar-refractivity contribution in [3.8, 4) is 5.75 Å². The number of rotatable bonds is 5. The monoisotopic (exact) mass is 391 g/mol. The molecule has 0 saturated heterocycles. The van der Waals surface area contributed by atoms with Gasteiger partial charge < -0.3 is 19.7 Å². The van der Waals surface area contributed by atoms with Crippen LogP contribution in [0.5, 0.6) is 5.75 Å². The van der Waals surface area contributed by atoms with E-state index >= 15 is 0 Å². The second kappa shape index (κ2) is 8.73. The summed E-state index contributed by atoms with van der Waals surface area (Å²) in [6, 6.07) is 6.35. The van der Waals surface area contributed by atoms with E-state index in [-0.39, 0.29) is 25.5 Å². The number of carbonyl (C=O) groups excluding carboxylic acids is 4. The summed E-state index contributed by atoms with van der Waals surface area (Å²) < 4.78 is 10.4. The van der Waals surface area contributed by atoms with E-state index in [0.29, 0.717) is 11.4 Å². The Hall–Kier alpha value is -3.10. The highest BCUT2D eigenvalue weighted by Crippen LogP contribution is 2.31. The molecule has 152 valence electrons. The van der Waals surface area contributed by atoms with Crippen LogP contribution in [0.25, 0.3) is 0 Å². The molecule has 0 bridgehead atoms. The van der Waals surface area contributed by atoms with Gasteiger partial charge in [0, 0.05) is 12.1 Å². The van der Waals surface area contributed by atoms with Gasteiger partial charge in [-0.05, 0) is 39.8 Å². The predicted octanol–water partition coefficient (Wildman–Crippen LogP) is 1.36. The maximum Gasteiger partial charge on any atom is 0.321 e. The Labute approximate surface area is 163 Å². The zero-order valence-electron chi connectivity index (χ0n) is 16.4. The number of nitrogens with zero attached hydrogens (tertiary/aromatic N) is 1. The summed E-state index contributed by atoms with van der Waals surface area (Å²) in [5, 5.41) is 4.69. The number of esters is 1. The Balaban J connectivity index is 1.84. The molecule has 4 amide bonds. The number of hydrogen-bond donors (Lipinski definition) is 2. The van der Waals surface area contributed by atoms with Gasteiger partial charge in [0.05, 0.1) is 12.1 Å². The van der Waals surface area contributed by atoms with Crippen LogP contribution in [0.4, 0.5) is 10.5 Å². The van der Waals surface area contributed by atoms with Crippen LogP contribution in [0.2, 0.25) is 0 Å². The van der Waals surface area contributed by atoms with Crippen molar-refractivity contribution in [2.75, 3.05) is 18.1 Å². The van der Waals surface area contributed by atoms with E-state index in [4.69, 9.17) is 9.47 Å². The second-order valence-corrected chi connectivity index (χ2v) is 7.38. The molecule has 0 spiro atoms. The molecule has 0 saturated carbocycles. The van der Waals surface area contributed by atoms with Crippen LogP contribution in [-0.2, 0) is 19.1 Å². The molecule has 1 aromatic rings. The van der Waals surface area contributed by atoms with Crippen molar-refractivity contribution in [1.29, 1.82) is 0 Å². The summed E-state index contributed by atoms with van der Waals surface area (Å²) in [6.07, 6.45) is -1.25. The Morgan fingerprint density at radius 1 is 1.25 bits per heavy atom. The van der Waals surface area contributed by atoms with Crippen molar-refractivity contribution in [3.05, 3.63) is 24.3 Å². The molecular formula is C19H25N3O6. The quantitative estimate of drug-likeness (QED) is 0.733. The lowest BCUT2D eigenvalue weighted by Gasteiger charge is -2.29. The van der Waals surface area contributed by atoms with Crippen molar-refractivity contribution in [1.82, 2.24) is 10.6 Å². The molecule has 1 heterocycles. The number of anilines is 1. The third-order valence-electron chi connectivity index (χ3n) is 3.75. The molecule has 9 nitrogen and oxygen atoms in total. The van der Waals surface area contributed by atoms with Crippen LogP contribution in [0.1, 0.15) is 34.1 Å². The Bertz CT molecular complexity index is 771. The maximum atomic E-state index is 12.1. The molecule has 1 atom stereocenters. The zero-order valence-corrected chi connectivity index (χ0v) is 16.4. The zero-order chi connectivity index (χ0) is 20.9. The molecule has 1 aromatic carbocycles. The molecule has 9 heteroatoms. The third-order valence-corrected chi connectivity index (χ3v) is 3.75. The molecular weight excluding hydrogens is 366 g/mol. The summed E-state index contributed by atoms with van der Waals surface area (Å²) in [5.74, 6) is -1.09. The summed E-state index contributed by atoms with van der Waals surface area (Å²) >= 11 is 0. The van der Waals surface area contributed by atoms with Gasteiger partial charge in [0.25, 0.3) is 11.8 Å². The van der Waals surface area contributed by atoms with E-state index < -0.39 is 29.6 Å². The molecule has 0 aromatic heterocycles. The summed E-state index contributed by atoms with van der Waals surface area (Å²) in [6.45, 7) is 6.67. The van der Waals surface area contributed by atoms with Crippen molar-refractivity contribution in [2.24, 2.45) is 0 Å². The molecule has 0 radical (unpaired) electrons. The van der Waals surface area contributed by atoms with Crippen molar-refractivity contribution >= 4 is 29.5 Å². The highest BCUT2D eigenvalue weighted by atomic mass is 16.5. The first-order valence-electron chi connectivity index (χ1n) is 8.91. The van der Waals surface area contributed by atoms with Gasteiger partial charge >= 0.3 is 12.0 Å². The molecule has 28 heavy (non-hydrogen) atoms. The highest BCUT2D eigenvalue weighted by Gasteiger charge is 2.27. The number of benzene rings is 1. The van der Waals surface area contributed by atoms with Crippen LogP contribution in [0, 0.1) is 0 Å². The fourth-order valence-corrected chi connectivity index (χ4v) is 2.50. The van der Waals surface area contributed by atoms with E-state index in [2.05, 4.69) is 10.6 Å². The first-order chi connectivity index (χ1) is 13.1. The molecule has 0 fully saturated rings. The normalized spacial score (nSPS) is 14.4. The SMILES string of the molecule is C[C@@H](OC(=O)CCN1C(=O)COc2ccccc21)C(=O)NC(=O)NC(C)(C)C. The first kappa shape index (κ1) is 21.2. The van der Waals surface area contributed by atoms with Gasteiger partial charge in [-0.3, -0.25) is 19.7 Å². The van der Waals surface area contributed by atoms with E-state index in [9.17, 15) is 19.2 Å². The number of urea groups is 1. The highest BCUT2D eigenvalue weighted by molar-refractivity contribution is 5.99. The molecule has 0 aliphatic carbocycles. The smallest absolute Gasteiger partial charge is 0.321 e. The molecule has 1 aliphatic rings. The summed E-state index contributed by atoms with van der Waals surface area (Å²) in [4.78, 5) is 49.3. The number of carbonyl (C=O) groups is 4. The average molecular weight is 391 g/mol. The van der Waals surface area contributed by atoms with Gasteiger partial charge in [0.15, 0.2) is 12.7 Å². The van der Waals surface area contributed by atoms with E-state index in [0.717, 1.165) is 0 Å². The van der Waals surface area contributed by atoms with Crippen LogP contribution in [-0.4, -0.2) is 48.6 Å². The standard InChI is InChI=1S/C19H25N3O6/c1-12(17(25)20-18(26)21-19(2,3)4)28-16(24)9-10-22-13-7-5-6-8-14(13)27-11-15(22)23/h5-8,12H,9-11H2,1-4H3,(H2,20,21,25,26)/t12-/m1/s1. The van der Waals surface area contributed by atoms with Crippen molar-refractivity contribution < 1.29 is 28.7 Å². The van der Waals surface area contributed by atoms with Crippen LogP contribution in [0.3, 0.4) is 0 Å². The van der Waals surface area contributed by atoms with E-state index in [1.807, 2.05) is 0 Å².